The highest BCUT2D eigenvalue weighted by Gasteiger charge is 2.46. The summed E-state index contributed by atoms with van der Waals surface area (Å²) in [4.78, 5) is 54.9. The summed E-state index contributed by atoms with van der Waals surface area (Å²) in [5.74, 6) is -5.06. The van der Waals surface area contributed by atoms with Gasteiger partial charge in [-0.3, -0.25) is 9.59 Å². The number of esters is 3. The third kappa shape index (κ3) is 14.8. The fraction of sp³-hybridized carbons (Fsp3) is 0.357. The fourth-order valence-corrected chi connectivity index (χ4v) is 7.12. The monoisotopic (exact) mass is 867 g/mol. The van der Waals surface area contributed by atoms with E-state index in [-0.39, 0.29) is 74.4 Å². The molecule has 15 nitrogen and oxygen atoms in total. The molecule has 3 aromatic rings. The number of alkyl carbamates (subject to hydrolysis) is 1. The Morgan fingerprint density at radius 3 is 2.46 bits per heavy atom. The van der Waals surface area contributed by atoms with Crippen LogP contribution in [0.3, 0.4) is 0 Å². The molecule has 1 aliphatic heterocycles. The Hall–Kier alpha value is -6.23. The molecule has 1 aliphatic rings. The molecule has 19 heteroatoms. The number of nitrogens with one attached hydrogen (secondary N) is 1. The summed E-state index contributed by atoms with van der Waals surface area (Å²) < 4.78 is 78.5. The molecule has 61 heavy (non-hydrogen) atoms. The number of carbonyl (C=O) groups is 4. The number of nitrogens with zero attached hydrogens (tertiary/aromatic N) is 4. The molecule has 324 valence electrons. The topological polar surface area (TPSA) is 190 Å². The SMILES string of the molecule is C=CCOC(=O)C[C@H](NC(=O)OCC=C)C(=O)OCCCC(=O)O[C@@](Cn1cncn1)(c1ccc(F)cc1F)[C@@H](C)SC1COC(/C=C/C=C/c2ccc(C#N)cc2F)OC1. The quantitative estimate of drug-likeness (QED) is 0.0415. The highest BCUT2D eigenvalue weighted by molar-refractivity contribution is 8.00. The lowest BCUT2D eigenvalue weighted by molar-refractivity contribution is -0.164. The van der Waals surface area contributed by atoms with Crippen LogP contribution in [0.4, 0.5) is 18.0 Å². The summed E-state index contributed by atoms with van der Waals surface area (Å²) in [5.41, 5.74) is -1.47. The van der Waals surface area contributed by atoms with E-state index in [9.17, 15) is 28.0 Å². The minimum Gasteiger partial charge on any atom is -0.464 e. The largest absolute Gasteiger partial charge is 0.464 e. The molecule has 0 bridgehead atoms. The van der Waals surface area contributed by atoms with Crippen LogP contribution in [0.5, 0.6) is 0 Å². The zero-order chi connectivity index (χ0) is 44.2. The Labute approximate surface area is 354 Å². The lowest BCUT2D eigenvalue weighted by atomic mass is 9.89. The lowest BCUT2D eigenvalue weighted by Crippen LogP contribution is -2.47. The van der Waals surface area contributed by atoms with Gasteiger partial charge >= 0.3 is 24.0 Å². The maximum Gasteiger partial charge on any atom is 0.408 e. The van der Waals surface area contributed by atoms with Gasteiger partial charge in [0, 0.05) is 28.9 Å². The van der Waals surface area contributed by atoms with Crippen molar-refractivity contribution >= 4 is 41.8 Å². The molecule has 1 fully saturated rings. The van der Waals surface area contributed by atoms with E-state index in [0.717, 1.165) is 12.1 Å². The third-order valence-corrected chi connectivity index (χ3v) is 10.1. The van der Waals surface area contributed by atoms with E-state index >= 15 is 4.39 Å². The Bertz CT molecular complexity index is 2060. The van der Waals surface area contributed by atoms with Crippen molar-refractivity contribution in [1.82, 2.24) is 20.1 Å². The lowest BCUT2D eigenvalue weighted by Gasteiger charge is -2.40. The van der Waals surface area contributed by atoms with Crippen LogP contribution in [0, 0.1) is 28.8 Å². The van der Waals surface area contributed by atoms with Crippen LogP contribution in [0.25, 0.3) is 6.08 Å². The normalized spacial score (nSPS) is 17.0. The number of ether oxygens (including phenoxy) is 6. The zero-order valence-corrected chi connectivity index (χ0v) is 33.9. The molecular weight excluding hydrogens is 824 g/mol. The zero-order valence-electron chi connectivity index (χ0n) is 33.1. The average Bonchev–Trinajstić information content (AvgIpc) is 3.75. The van der Waals surface area contributed by atoms with Gasteiger partial charge in [0.2, 0.25) is 0 Å². The Morgan fingerprint density at radius 1 is 1.03 bits per heavy atom. The molecule has 1 amide bonds. The number of thioether (sulfide) groups is 1. The predicted octanol–water partition coefficient (Wildman–Crippen LogP) is 5.86. The van der Waals surface area contributed by atoms with Gasteiger partial charge in [-0.05, 0) is 43.7 Å². The number of amides is 1. The summed E-state index contributed by atoms with van der Waals surface area (Å²) in [6.07, 6.45) is 8.80. The maximum absolute atomic E-state index is 15.8. The second-order valence-electron chi connectivity index (χ2n) is 13.1. The van der Waals surface area contributed by atoms with E-state index < -0.39 is 71.1 Å². The second kappa shape index (κ2) is 24.1. The number of allylic oxidation sites excluding steroid dienone is 2. The molecule has 1 aromatic heterocycles. The molecule has 0 unspecified atom stereocenters. The second-order valence-corrected chi connectivity index (χ2v) is 14.8. The van der Waals surface area contributed by atoms with Gasteiger partial charge in [0.25, 0.3) is 0 Å². The molecule has 0 spiro atoms. The molecule has 0 saturated carbocycles. The van der Waals surface area contributed by atoms with Gasteiger partial charge in [0.1, 0.15) is 49.4 Å². The summed E-state index contributed by atoms with van der Waals surface area (Å²) in [6.45, 7) is 8.01. The van der Waals surface area contributed by atoms with Crippen LogP contribution in [-0.2, 0) is 55.0 Å². The van der Waals surface area contributed by atoms with Crippen molar-refractivity contribution in [3.63, 3.8) is 0 Å². The first-order chi connectivity index (χ1) is 29.4. The number of aromatic nitrogens is 3. The van der Waals surface area contributed by atoms with E-state index in [1.54, 1.807) is 25.2 Å². The molecule has 2 heterocycles. The first kappa shape index (κ1) is 47.4. The number of nitriles is 1. The fourth-order valence-electron chi connectivity index (χ4n) is 5.76. The summed E-state index contributed by atoms with van der Waals surface area (Å²) in [6, 6.07) is 7.43. The molecule has 0 aliphatic carbocycles. The minimum atomic E-state index is -1.82. The highest BCUT2D eigenvalue weighted by Crippen LogP contribution is 2.42. The van der Waals surface area contributed by atoms with Crippen molar-refractivity contribution in [3.8, 4) is 6.07 Å². The van der Waals surface area contributed by atoms with Crippen LogP contribution < -0.4 is 5.32 Å². The van der Waals surface area contributed by atoms with Gasteiger partial charge in [0.05, 0.1) is 49.7 Å². The Kier molecular flexibility index (Phi) is 18.8. The van der Waals surface area contributed by atoms with Gasteiger partial charge in [-0.2, -0.15) is 10.4 Å². The summed E-state index contributed by atoms with van der Waals surface area (Å²) in [7, 11) is 0. The Balaban J connectivity index is 1.44. The van der Waals surface area contributed by atoms with E-state index in [1.165, 1.54) is 65.5 Å². The van der Waals surface area contributed by atoms with Crippen LogP contribution in [0.1, 0.15) is 42.9 Å². The molecule has 3 atom stereocenters. The van der Waals surface area contributed by atoms with Crippen LogP contribution in [-0.4, -0.2) is 94.6 Å². The van der Waals surface area contributed by atoms with Gasteiger partial charge < -0.3 is 33.7 Å². The standard InChI is InChI=1S/C42H44F3N5O10S/c1-4-16-55-38(52)21-36(49-41(54)57-17-5-2)40(53)56-18-8-10-37(51)60-42(25-50-27-47-26-48-50,33-15-14-31(43)20-35(33)45)28(3)61-32-23-58-39(59-24-32)11-7-6-9-30-13-12-29(22-46)19-34(30)44/h4-7,9,11-15,19-20,26-28,32,36,39H,1-2,8,10,16-18,21,23-25H2,3H3,(H,49,54)/b9-6+,11-7+/t28-,32?,36+,39?,42-/m1/s1. The minimum absolute atomic E-state index is 0.0945. The van der Waals surface area contributed by atoms with E-state index in [1.807, 2.05) is 6.07 Å². The van der Waals surface area contributed by atoms with Crippen LogP contribution in [0.2, 0.25) is 0 Å². The number of hydrogen-bond acceptors (Lipinski definition) is 14. The summed E-state index contributed by atoms with van der Waals surface area (Å²) >= 11 is 1.27. The van der Waals surface area contributed by atoms with E-state index in [4.69, 9.17) is 33.7 Å². The molecule has 1 N–H and O–H groups in total. The van der Waals surface area contributed by atoms with Crippen molar-refractivity contribution in [3.05, 3.63) is 127 Å². The van der Waals surface area contributed by atoms with Gasteiger partial charge in [-0.15, -0.1) is 11.8 Å². The predicted molar refractivity (Wildman–Crippen MR) is 214 cm³/mol. The van der Waals surface area contributed by atoms with Crippen LogP contribution >= 0.6 is 11.8 Å². The Morgan fingerprint density at radius 2 is 1.79 bits per heavy atom. The van der Waals surface area contributed by atoms with E-state index in [2.05, 4.69) is 28.6 Å². The van der Waals surface area contributed by atoms with Crippen LogP contribution in [0.15, 0.2) is 92.6 Å². The van der Waals surface area contributed by atoms with Gasteiger partial charge in [-0.1, -0.05) is 49.6 Å². The van der Waals surface area contributed by atoms with Gasteiger partial charge in [0.15, 0.2) is 11.9 Å². The van der Waals surface area contributed by atoms with Crippen molar-refractivity contribution in [2.45, 2.75) is 61.2 Å². The van der Waals surface area contributed by atoms with Crippen molar-refractivity contribution < 1.29 is 60.8 Å². The molecule has 4 rings (SSSR count). The molecular formula is C42H44F3N5O10S. The average molecular weight is 868 g/mol. The molecule has 0 radical (unpaired) electrons. The van der Waals surface area contributed by atoms with Gasteiger partial charge in [-0.25, -0.2) is 32.4 Å². The van der Waals surface area contributed by atoms with Crippen molar-refractivity contribution in [2.24, 2.45) is 0 Å². The van der Waals surface area contributed by atoms with Crippen molar-refractivity contribution in [1.29, 1.82) is 5.26 Å². The summed E-state index contributed by atoms with van der Waals surface area (Å²) in [5, 5.41) is 14.2. The maximum atomic E-state index is 15.8. The van der Waals surface area contributed by atoms with Crippen molar-refractivity contribution in [2.75, 3.05) is 33.0 Å². The number of benzene rings is 2. The smallest absolute Gasteiger partial charge is 0.408 e. The third-order valence-electron chi connectivity index (χ3n) is 8.69. The van der Waals surface area contributed by atoms with E-state index in [0.29, 0.717) is 6.07 Å². The number of halogens is 3. The number of hydrogen-bond donors (Lipinski definition) is 1. The molecule has 1 saturated heterocycles. The number of rotatable bonds is 22. The first-order valence-electron chi connectivity index (χ1n) is 18.8. The molecule has 2 aromatic carbocycles. The number of carbonyl (C=O) groups excluding carboxylic acids is 4. The highest BCUT2D eigenvalue weighted by atomic mass is 32.2. The first-order valence-corrected chi connectivity index (χ1v) is 19.7.